The highest BCUT2D eigenvalue weighted by Crippen LogP contribution is 2.08. The van der Waals surface area contributed by atoms with Gasteiger partial charge in [0.2, 0.25) is 0 Å². The smallest absolute Gasteiger partial charge is 0.0166 e. The number of hydrogen-bond donors (Lipinski definition) is 1. The molecule has 0 aliphatic heterocycles. The van der Waals surface area contributed by atoms with Crippen LogP contribution in [0.2, 0.25) is 0 Å². The summed E-state index contributed by atoms with van der Waals surface area (Å²) in [5, 5.41) is 3.45. The van der Waals surface area contributed by atoms with Gasteiger partial charge in [-0.1, -0.05) is 13.0 Å². The van der Waals surface area contributed by atoms with Gasteiger partial charge in [0, 0.05) is 18.6 Å². The third kappa shape index (κ3) is 6.69. The molecule has 0 bridgehead atoms. The molecule has 0 saturated carbocycles. The van der Waals surface area contributed by atoms with Crippen LogP contribution in [-0.2, 0) is 0 Å². The first-order valence-corrected chi connectivity index (χ1v) is 6.20. The summed E-state index contributed by atoms with van der Waals surface area (Å²) < 4.78 is 0. The molecule has 1 unspecified atom stereocenters. The zero-order valence-electron chi connectivity index (χ0n) is 10.9. The maximum Gasteiger partial charge on any atom is 0.0166 e. The molecule has 90 valence electrons. The van der Waals surface area contributed by atoms with Crippen LogP contribution in [0.4, 0.5) is 0 Å². The quantitative estimate of drug-likeness (QED) is 0.467. The molecule has 0 spiro atoms. The van der Waals surface area contributed by atoms with Crippen molar-refractivity contribution in [3.8, 4) is 0 Å². The molecular weight excluding hydrogens is 184 g/mol. The van der Waals surface area contributed by atoms with Gasteiger partial charge < -0.3 is 5.32 Å². The fraction of sp³-hybridized carbons (Fsp3) is 0.846. The average Bonchev–Trinajstić information content (AvgIpc) is 2.20. The Balaban J connectivity index is 3.81. The van der Waals surface area contributed by atoms with Gasteiger partial charge in [0.1, 0.15) is 0 Å². The first-order valence-electron chi connectivity index (χ1n) is 6.20. The Labute approximate surface area is 95.7 Å². The molecule has 0 aromatic rings. The highest BCUT2D eigenvalue weighted by Gasteiger charge is 2.14. The lowest BCUT2D eigenvalue weighted by Crippen LogP contribution is -2.40. The summed E-state index contributed by atoms with van der Waals surface area (Å²) in [6.45, 7) is 16.1. The largest absolute Gasteiger partial charge is 0.317 e. The van der Waals surface area contributed by atoms with E-state index in [-0.39, 0.29) is 0 Å². The second-order valence-corrected chi connectivity index (χ2v) is 4.47. The van der Waals surface area contributed by atoms with Gasteiger partial charge >= 0.3 is 0 Å². The van der Waals surface area contributed by atoms with Crippen molar-refractivity contribution < 1.29 is 0 Å². The zero-order chi connectivity index (χ0) is 11.7. The highest BCUT2D eigenvalue weighted by molar-refractivity contribution is 4.80. The molecule has 0 aromatic carbocycles. The molecule has 0 heterocycles. The van der Waals surface area contributed by atoms with Crippen molar-refractivity contribution in [1.29, 1.82) is 0 Å². The minimum atomic E-state index is 0.601. The van der Waals surface area contributed by atoms with Gasteiger partial charge in [-0.25, -0.2) is 0 Å². The lowest BCUT2D eigenvalue weighted by Gasteiger charge is -2.31. The van der Waals surface area contributed by atoms with Crippen LogP contribution >= 0.6 is 0 Å². The minimum absolute atomic E-state index is 0.601. The summed E-state index contributed by atoms with van der Waals surface area (Å²) in [7, 11) is 0. The summed E-state index contributed by atoms with van der Waals surface area (Å²) in [5.41, 5.74) is 0. The lowest BCUT2D eigenvalue weighted by atomic mass is 10.1. The van der Waals surface area contributed by atoms with Crippen LogP contribution in [0.3, 0.4) is 0 Å². The Morgan fingerprint density at radius 2 is 1.93 bits per heavy atom. The topological polar surface area (TPSA) is 15.3 Å². The summed E-state index contributed by atoms with van der Waals surface area (Å²) in [6.07, 6.45) is 4.43. The Kier molecular flexibility index (Phi) is 8.73. The lowest BCUT2D eigenvalue weighted by molar-refractivity contribution is 0.175. The van der Waals surface area contributed by atoms with E-state index in [9.17, 15) is 0 Å². The van der Waals surface area contributed by atoms with Crippen LogP contribution in [0.5, 0.6) is 0 Å². The van der Waals surface area contributed by atoms with E-state index in [1.165, 1.54) is 12.8 Å². The van der Waals surface area contributed by atoms with Crippen molar-refractivity contribution in [3.05, 3.63) is 12.7 Å². The van der Waals surface area contributed by atoms with Gasteiger partial charge in [-0.05, 0) is 46.7 Å². The van der Waals surface area contributed by atoms with E-state index in [0.717, 1.165) is 19.6 Å². The molecule has 2 nitrogen and oxygen atoms in total. The van der Waals surface area contributed by atoms with Crippen LogP contribution in [0.1, 0.15) is 40.5 Å². The molecular formula is C13H28N2. The van der Waals surface area contributed by atoms with Crippen LogP contribution in [0.25, 0.3) is 0 Å². The molecule has 0 amide bonds. The maximum absolute atomic E-state index is 3.82. The van der Waals surface area contributed by atoms with Crippen molar-refractivity contribution in [2.45, 2.75) is 52.6 Å². The van der Waals surface area contributed by atoms with Crippen molar-refractivity contribution in [2.75, 3.05) is 19.6 Å². The summed E-state index contributed by atoms with van der Waals surface area (Å²) in [5.74, 6) is 0. The number of hydrogen-bond acceptors (Lipinski definition) is 2. The van der Waals surface area contributed by atoms with Crippen LogP contribution in [0, 0.1) is 0 Å². The van der Waals surface area contributed by atoms with Gasteiger partial charge in [-0.3, -0.25) is 4.90 Å². The monoisotopic (exact) mass is 212 g/mol. The fourth-order valence-corrected chi connectivity index (χ4v) is 1.83. The first kappa shape index (κ1) is 14.7. The van der Waals surface area contributed by atoms with E-state index in [1.807, 2.05) is 6.08 Å². The van der Waals surface area contributed by atoms with E-state index in [2.05, 4.69) is 44.5 Å². The van der Waals surface area contributed by atoms with Crippen molar-refractivity contribution in [2.24, 2.45) is 0 Å². The summed E-state index contributed by atoms with van der Waals surface area (Å²) >= 11 is 0. The predicted octanol–water partition coefficient (Wildman–Crippen LogP) is 2.66. The summed E-state index contributed by atoms with van der Waals surface area (Å²) in [4.78, 5) is 2.49. The molecule has 0 fully saturated rings. The maximum atomic E-state index is 3.82. The van der Waals surface area contributed by atoms with E-state index in [1.54, 1.807) is 0 Å². The average molecular weight is 212 g/mol. The Bertz CT molecular complexity index is 155. The SMILES string of the molecule is C=CCN(C(C)C)C(C)CCNCCC. The molecule has 0 saturated heterocycles. The molecule has 15 heavy (non-hydrogen) atoms. The van der Waals surface area contributed by atoms with E-state index < -0.39 is 0 Å². The zero-order valence-corrected chi connectivity index (χ0v) is 10.9. The Morgan fingerprint density at radius 1 is 1.27 bits per heavy atom. The molecule has 0 radical (unpaired) electrons. The Hall–Kier alpha value is -0.340. The van der Waals surface area contributed by atoms with Gasteiger partial charge in [-0.2, -0.15) is 0 Å². The van der Waals surface area contributed by atoms with Gasteiger partial charge in [0.25, 0.3) is 0 Å². The third-order valence-corrected chi connectivity index (χ3v) is 2.74. The molecule has 2 heteroatoms. The van der Waals surface area contributed by atoms with Gasteiger partial charge in [0.05, 0.1) is 0 Å². The normalized spacial score (nSPS) is 13.5. The third-order valence-electron chi connectivity index (χ3n) is 2.74. The molecule has 0 aromatic heterocycles. The highest BCUT2D eigenvalue weighted by atomic mass is 15.2. The number of nitrogens with zero attached hydrogens (tertiary/aromatic N) is 1. The molecule has 1 N–H and O–H groups in total. The fourth-order valence-electron chi connectivity index (χ4n) is 1.83. The molecule has 0 rings (SSSR count). The number of rotatable bonds is 9. The summed E-state index contributed by atoms with van der Waals surface area (Å²) in [6, 6.07) is 1.23. The van der Waals surface area contributed by atoms with Crippen LogP contribution in [0.15, 0.2) is 12.7 Å². The van der Waals surface area contributed by atoms with E-state index in [4.69, 9.17) is 0 Å². The molecule has 0 aliphatic carbocycles. The van der Waals surface area contributed by atoms with Crippen molar-refractivity contribution in [1.82, 2.24) is 10.2 Å². The van der Waals surface area contributed by atoms with Crippen LogP contribution < -0.4 is 5.32 Å². The second-order valence-electron chi connectivity index (χ2n) is 4.47. The van der Waals surface area contributed by atoms with Crippen molar-refractivity contribution >= 4 is 0 Å². The van der Waals surface area contributed by atoms with E-state index in [0.29, 0.717) is 12.1 Å². The number of nitrogens with one attached hydrogen (secondary N) is 1. The Morgan fingerprint density at radius 3 is 2.40 bits per heavy atom. The standard InChI is InChI=1S/C13H28N2/c1-6-9-14-10-8-13(5)15(11-7-2)12(3)4/h7,12-14H,2,6,8-11H2,1,3-5H3. The molecule has 1 atom stereocenters. The molecule has 0 aliphatic rings. The first-order chi connectivity index (χ1) is 7.13. The van der Waals surface area contributed by atoms with Gasteiger partial charge in [0.15, 0.2) is 0 Å². The van der Waals surface area contributed by atoms with Crippen LogP contribution in [-0.4, -0.2) is 36.6 Å². The minimum Gasteiger partial charge on any atom is -0.317 e. The van der Waals surface area contributed by atoms with Gasteiger partial charge in [-0.15, -0.1) is 6.58 Å². The second kappa shape index (κ2) is 8.93. The van der Waals surface area contributed by atoms with Crippen molar-refractivity contribution in [3.63, 3.8) is 0 Å². The predicted molar refractivity (Wildman–Crippen MR) is 69.3 cm³/mol. The van der Waals surface area contributed by atoms with E-state index >= 15 is 0 Å².